The number of anilines is 1. The zero-order chi connectivity index (χ0) is 13.8. The number of aryl methyl sites for hydroxylation is 1. The van der Waals surface area contributed by atoms with Crippen molar-refractivity contribution in [2.24, 2.45) is 0 Å². The van der Waals surface area contributed by atoms with Crippen LogP contribution in [-0.4, -0.2) is 15.9 Å². The molecule has 0 radical (unpaired) electrons. The lowest BCUT2D eigenvalue weighted by atomic mass is 9.98. The van der Waals surface area contributed by atoms with Gasteiger partial charge in [0.2, 0.25) is 0 Å². The molecule has 0 aliphatic carbocycles. The first-order chi connectivity index (χ1) is 9.10. The molecule has 2 N–H and O–H groups in total. The summed E-state index contributed by atoms with van der Waals surface area (Å²) in [5, 5.41) is 2.88. The number of aromatic nitrogens is 2. The van der Waals surface area contributed by atoms with Crippen LogP contribution in [0.25, 0.3) is 0 Å². The Morgan fingerprint density at radius 3 is 2.89 bits per heavy atom. The number of rotatable bonds is 4. The second-order valence-corrected chi connectivity index (χ2v) is 4.77. The van der Waals surface area contributed by atoms with Crippen molar-refractivity contribution in [3.05, 3.63) is 47.5 Å². The van der Waals surface area contributed by atoms with Crippen LogP contribution in [0, 0.1) is 6.92 Å². The van der Waals surface area contributed by atoms with Crippen molar-refractivity contribution in [1.29, 1.82) is 0 Å². The Labute approximate surface area is 113 Å². The van der Waals surface area contributed by atoms with Crippen LogP contribution in [0.2, 0.25) is 0 Å². The molecule has 2 aromatic rings. The largest absolute Gasteiger partial charge is 0.338 e. The van der Waals surface area contributed by atoms with E-state index < -0.39 is 0 Å². The van der Waals surface area contributed by atoms with Crippen LogP contribution >= 0.6 is 0 Å². The molecule has 19 heavy (non-hydrogen) atoms. The number of amides is 1. The minimum atomic E-state index is -0.165. The van der Waals surface area contributed by atoms with Gasteiger partial charge in [-0.05, 0) is 37.0 Å². The third-order valence-electron chi connectivity index (χ3n) is 3.27. The smallest absolute Gasteiger partial charge is 0.273 e. The Morgan fingerprint density at radius 2 is 2.26 bits per heavy atom. The molecule has 0 aliphatic rings. The Morgan fingerprint density at radius 1 is 1.47 bits per heavy atom. The molecule has 0 fully saturated rings. The molecule has 2 rings (SSSR count). The fraction of sp³-hybridized carbons (Fsp3) is 0.333. The van der Waals surface area contributed by atoms with Crippen LogP contribution in [0.1, 0.15) is 48.1 Å². The SMILES string of the molecule is CCC(C)c1cccc(NC(=O)c2cnc(C)[nH]2)c1. The van der Waals surface area contributed by atoms with Gasteiger partial charge in [-0.2, -0.15) is 0 Å². The number of aromatic amines is 1. The topological polar surface area (TPSA) is 57.8 Å². The zero-order valence-electron chi connectivity index (χ0n) is 11.5. The Bertz CT molecular complexity index is 574. The van der Waals surface area contributed by atoms with Gasteiger partial charge in [-0.1, -0.05) is 26.0 Å². The lowest BCUT2D eigenvalue weighted by Gasteiger charge is -2.11. The Balaban J connectivity index is 2.13. The number of nitrogens with zero attached hydrogens (tertiary/aromatic N) is 1. The molecule has 0 saturated carbocycles. The molecule has 1 atom stereocenters. The highest BCUT2D eigenvalue weighted by Gasteiger charge is 2.09. The van der Waals surface area contributed by atoms with Gasteiger partial charge in [0.1, 0.15) is 11.5 Å². The standard InChI is InChI=1S/C15H19N3O/c1-4-10(2)12-6-5-7-13(8-12)18-15(19)14-9-16-11(3)17-14/h5-10H,4H2,1-3H3,(H,16,17)(H,18,19). The molecule has 4 heteroatoms. The summed E-state index contributed by atoms with van der Waals surface area (Å²) in [4.78, 5) is 18.9. The summed E-state index contributed by atoms with van der Waals surface area (Å²) in [7, 11) is 0. The van der Waals surface area contributed by atoms with Crippen molar-refractivity contribution >= 4 is 11.6 Å². The third kappa shape index (κ3) is 3.22. The molecule has 100 valence electrons. The van der Waals surface area contributed by atoms with Gasteiger partial charge in [-0.25, -0.2) is 4.98 Å². The predicted octanol–water partition coefficient (Wildman–Crippen LogP) is 3.48. The summed E-state index contributed by atoms with van der Waals surface area (Å²) in [5.74, 6) is 1.06. The number of imidazole rings is 1. The molecule has 0 aliphatic heterocycles. The summed E-state index contributed by atoms with van der Waals surface area (Å²) >= 11 is 0. The fourth-order valence-corrected chi connectivity index (χ4v) is 1.89. The molecule has 1 amide bonds. The number of nitrogens with one attached hydrogen (secondary N) is 2. The highest BCUT2D eigenvalue weighted by molar-refractivity contribution is 6.02. The summed E-state index contributed by atoms with van der Waals surface area (Å²) in [6, 6.07) is 7.97. The first-order valence-electron chi connectivity index (χ1n) is 6.53. The molecule has 1 heterocycles. The van der Waals surface area contributed by atoms with E-state index >= 15 is 0 Å². The van der Waals surface area contributed by atoms with E-state index in [2.05, 4.69) is 35.2 Å². The van der Waals surface area contributed by atoms with Gasteiger partial charge < -0.3 is 10.3 Å². The number of hydrogen-bond acceptors (Lipinski definition) is 2. The third-order valence-corrected chi connectivity index (χ3v) is 3.27. The first kappa shape index (κ1) is 13.3. The van der Waals surface area contributed by atoms with Crippen molar-refractivity contribution in [3.8, 4) is 0 Å². The summed E-state index contributed by atoms with van der Waals surface area (Å²) in [6.07, 6.45) is 2.63. The van der Waals surface area contributed by atoms with Crippen molar-refractivity contribution in [2.75, 3.05) is 5.32 Å². The van der Waals surface area contributed by atoms with E-state index in [1.54, 1.807) is 6.20 Å². The molecule has 1 aromatic heterocycles. The number of carbonyl (C=O) groups excluding carboxylic acids is 1. The normalized spacial score (nSPS) is 12.2. The Hall–Kier alpha value is -2.10. The molecular formula is C15H19N3O. The van der Waals surface area contributed by atoms with Gasteiger partial charge in [0.25, 0.3) is 5.91 Å². The first-order valence-corrected chi connectivity index (χ1v) is 6.53. The lowest BCUT2D eigenvalue weighted by Crippen LogP contribution is -2.12. The van der Waals surface area contributed by atoms with Gasteiger partial charge in [-0.15, -0.1) is 0 Å². The maximum Gasteiger partial charge on any atom is 0.273 e. The summed E-state index contributed by atoms with van der Waals surface area (Å²) in [5.41, 5.74) is 2.53. The number of carbonyl (C=O) groups is 1. The van der Waals surface area contributed by atoms with E-state index in [1.807, 2.05) is 25.1 Å². The van der Waals surface area contributed by atoms with E-state index in [-0.39, 0.29) is 5.91 Å². The molecule has 1 unspecified atom stereocenters. The minimum absolute atomic E-state index is 0.165. The van der Waals surface area contributed by atoms with Crippen LogP contribution in [-0.2, 0) is 0 Å². The van der Waals surface area contributed by atoms with E-state index in [0.717, 1.165) is 17.9 Å². The van der Waals surface area contributed by atoms with E-state index in [0.29, 0.717) is 11.6 Å². The van der Waals surface area contributed by atoms with Gasteiger partial charge >= 0.3 is 0 Å². The summed E-state index contributed by atoms with van der Waals surface area (Å²) in [6.45, 7) is 6.16. The molecule has 0 spiro atoms. The molecule has 0 bridgehead atoms. The van der Waals surface area contributed by atoms with Crippen molar-refractivity contribution in [2.45, 2.75) is 33.1 Å². The van der Waals surface area contributed by atoms with E-state index in [1.165, 1.54) is 5.56 Å². The molecular weight excluding hydrogens is 238 g/mol. The molecule has 4 nitrogen and oxygen atoms in total. The highest BCUT2D eigenvalue weighted by Crippen LogP contribution is 2.21. The Kier molecular flexibility index (Phi) is 4.00. The van der Waals surface area contributed by atoms with Crippen LogP contribution < -0.4 is 5.32 Å². The lowest BCUT2D eigenvalue weighted by molar-refractivity contribution is 0.102. The zero-order valence-corrected chi connectivity index (χ0v) is 11.5. The van der Waals surface area contributed by atoms with Gasteiger partial charge in [0, 0.05) is 5.69 Å². The average molecular weight is 257 g/mol. The monoisotopic (exact) mass is 257 g/mol. The van der Waals surface area contributed by atoms with Crippen LogP contribution in [0.5, 0.6) is 0 Å². The van der Waals surface area contributed by atoms with Crippen LogP contribution in [0.3, 0.4) is 0 Å². The van der Waals surface area contributed by atoms with Crippen molar-refractivity contribution < 1.29 is 4.79 Å². The maximum atomic E-state index is 12.0. The van der Waals surface area contributed by atoms with Gasteiger partial charge in [0.05, 0.1) is 6.20 Å². The minimum Gasteiger partial charge on any atom is -0.338 e. The average Bonchev–Trinajstić information content (AvgIpc) is 2.85. The van der Waals surface area contributed by atoms with Crippen molar-refractivity contribution in [3.63, 3.8) is 0 Å². The maximum absolute atomic E-state index is 12.0. The van der Waals surface area contributed by atoms with Gasteiger partial charge in [-0.3, -0.25) is 4.79 Å². The number of benzene rings is 1. The fourth-order valence-electron chi connectivity index (χ4n) is 1.89. The van der Waals surface area contributed by atoms with Gasteiger partial charge in [0.15, 0.2) is 0 Å². The molecule has 0 saturated heterocycles. The highest BCUT2D eigenvalue weighted by atomic mass is 16.1. The van der Waals surface area contributed by atoms with Crippen molar-refractivity contribution in [1.82, 2.24) is 9.97 Å². The van der Waals surface area contributed by atoms with E-state index in [4.69, 9.17) is 0 Å². The number of H-pyrrole nitrogens is 1. The van der Waals surface area contributed by atoms with E-state index in [9.17, 15) is 4.79 Å². The summed E-state index contributed by atoms with van der Waals surface area (Å²) < 4.78 is 0. The number of hydrogen-bond donors (Lipinski definition) is 2. The second kappa shape index (κ2) is 5.69. The van der Waals surface area contributed by atoms with Crippen LogP contribution in [0.15, 0.2) is 30.5 Å². The molecule has 1 aromatic carbocycles. The second-order valence-electron chi connectivity index (χ2n) is 4.77. The predicted molar refractivity (Wildman–Crippen MR) is 76.4 cm³/mol. The quantitative estimate of drug-likeness (QED) is 0.881. The van der Waals surface area contributed by atoms with Crippen LogP contribution in [0.4, 0.5) is 5.69 Å².